The van der Waals surface area contributed by atoms with Crippen LogP contribution in [0.25, 0.3) is 0 Å². The molecule has 1 N–H and O–H groups in total. The van der Waals surface area contributed by atoms with E-state index in [2.05, 4.69) is 24.4 Å². The Bertz CT molecular complexity index is 436. The van der Waals surface area contributed by atoms with E-state index in [1.54, 1.807) is 11.8 Å². The van der Waals surface area contributed by atoms with Gasteiger partial charge < -0.3 is 10.2 Å². The quantitative estimate of drug-likeness (QED) is 0.904. The molecule has 2 rings (SSSR count). The SMILES string of the molecule is CNCCN1C(=O)[C@@H](C)S[C@@H]1c1ccccc1C. The molecule has 0 aliphatic carbocycles. The third kappa shape index (κ3) is 2.54. The summed E-state index contributed by atoms with van der Waals surface area (Å²) < 4.78 is 0. The molecule has 0 unspecified atom stereocenters. The number of nitrogens with one attached hydrogen (secondary N) is 1. The van der Waals surface area contributed by atoms with Crippen LogP contribution >= 0.6 is 11.8 Å². The van der Waals surface area contributed by atoms with Crippen molar-refractivity contribution in [3.8, 4) is 0 Å². The summed E-state index contributed by atoms with van der Waals surface area (Å²) in [5, 5.41) is 3.34. The maximum Gasteiger partial charge on any atom is 0.236 e. The lowest BCUT2D eigenvalue weighted by Crippen LogP contribution is -2.35. The van der Waals surface area contributed by atoms with Gasteiger partial charge in [0.15, 0.2) is 0 Å². The summed E-state index contributed by atoms with van der Waals surface area (Å²) in [6.45, 7) is 5.71. The molecule has 1 aliphatic rings. The molecule has 2 atom stereocenters. The van der Waals surface area contributed by atoms with Crippen molar-refractivity contribution < 1.29 is 4.79 Å². The van der Waals surface area contributed by atoms with Crippen molar-refractivity contribution in [2.24, 2.45) is 0 Å². The summed E-state index contributed by atoms with van der Waals surface area (Å²) in [6, 6.07) is 8.33. The summed E-state index contributed by atoms with van der Waals surface area (Å²) in [4.78, 5) is 14.2. The van der Waals surface area contributed by atoms with Crippen molar-refractivity contribution in [1.29, 1.82) is 0 Å². The molecule has 1 aromatic rings. The molecule has 1 amide bonds. The number of carbonyl (C=O) groups excluding carboxylic acids is 1. The molecule has 3 nitrogen and oxygen atoms in total. The number of nitrogens with zero attached hydrogens (tertiary/aromatic N) is 1. The van der Waals surface area contributed by atoms with Crippen molar-refractivity contribution in [2.75, 3.05) is 20.1 Å². The molecular formula is C14H20N2OS. The summed E-state index contributed by atoms with van der Waals surface area (Å²) in [7, 11) is 1.92. The van der Waals surface area contributed by atoms with Crippen LogP contribution in [0.1, 0.15) is 23.4 Å². The van der Waals surface area contributed by atoms with Crippen LogP contribution < -0.4 is 5.32 Å². The number of thioether (sulfide) groups is 1. The molecule has 0 spiro atoms. The molecule has 4 heteroatoms. The second-order valence-corrected chi connectivity index (χ2v) is 6.05. The molecule has 1 saturated heterocycles. The van der Waals surface area contributed by atoms with Crippen molar-refractivity contribution in [3.05, 3.63) is 35.4 Å². The van der Waals surface area contributed by atoms with Crippen LogP contribution in [-0.4, -0.2) is 36.2 Å². The molecule has 1 heterocycles. The van der Waals surface area contributed by atoms with E-state index in [1.165, 1.54) is 11.1 Å². The highest BCUT2D eigenvalue weighted by Gasteiger charge is 2.38. The number of benzene rings is 1. The van der Waals surface area contributed by atoms with Gasteiger partial charge in [-0.1, -0.05) is 24.3 Å². The lowest BCUT2D eigenvalue weighted by atomic mass is 10.1. The molecule has 98 valence electrons. The zero-order valence-corrected chi connectivity index (χ0v) is 12.0. The van der Waals surface area contributed by atoms with E-state index in [4.69, 9.17) is 0 Å². The first-order chi connectivity index (χ1) is 8.65. The first kappa shape index (κ1) is 13.4. The van der Waals surface area contributed by atoms with Gasteiger partial charge in [0.2, 0.25) is 5.91 Å². The van der Waals surface area contributed by atoms with Gasteiger partial charge in [-0.15, -0.1) is 11.8 Å². The number of aryl methyl sites for hydroxylation is 1. The predicted molar refractivity (Wildman–Crippen MR) is 76.6 cm³/mol. The van der Waals surface area contributed by atoms with Gasteiger partial charge in [0.05, 0.1) is 5.25 Å². The molecule has 0 saturated carbocycles. The Morgan fingerprint density at radius 1 is 1.39 bits per heavy atom. The number of carbonyl (C=O) groups is 1. The minimum Gasteiger partial charge on any atom is -0.324 e. The third-order valence-corrected chi connectivity index (χ3v) is 4.68. The summed E-state index contributed by atoms with van der Waals surface area (Å²) in [5.41, 5.74) is 2.52. The summed E-state index contributed by atoms with van der Waals surface area (Å²) in [5.74, 6) is 0.253. The van der Waals surface area contributed by atoms with Gasteiger partial charge in [0, 0.05) is 13.1 Å². The first-order valence-electron chi connectivity index (χ1n) is 6.31. The van der Waals surface area contributed by atoms with Crippen LogP contribution in [0.2, 0.25) is 0 Å². The highest BCUT2D eigenvalue weighted by atomic mass is 32.2. The van der Waals surface area contributed by atoms with Crippen molar-refractivity contribution >= 4 is 17.7 Å². The zero-order chi connectivity index (χ0) is 13.1. The van der Waals surface area contributed by atoms with E-state index in [9.17, 15) is 4.79 Å². The lowest BCUT2D eigenvalue weighted by molar-refractivity contribution is -0.129. The van der Waals surface area contributed by atoms with Crippen LogP contribution in [0, 0.1) is 6.92 Å². The van der Waals surface area contributed by atoms with Gasteiger partial charge in [-0.2, -0.15) is 0 Å². The van der Waals surface area contributed by atoms with E-state index in [0.29, 0.717) is 0 Å². The fourth-order valence-electron chi connectivity index (χ4n) is 2.24. The summed E-state index contributed by atoms with van der Waals surface area (Å²) in [6.07, 6.45) is 0. The molecule has 0 bridgehead atoms. The van der Waals surface area contributed by atoms with Crippen molar-refractivity contribution in [3.63, 3.8) is 0 Å². The highest BCUT2D eigenvalue weighted by Crippen LogP contribution is 2.43. The number of likely N-dealkylation sites (N-methyl/N-ethyl adjacent to an activating group) is 1. The largest absolute Gasteiger partial charge is 0.324 e. The minimum atomic E-state index is 0.0615. The monoisotopic (exact) mass is 264 g/mol. The van der Waals surface area contributed by atoms with Gasteiger partial charge in [0.25, 0.3) is 0 Å². The Morgan fingerprint density at radius 2 is 2.11 bits per heavy atom. The van der Waals surface area contributed by atoms with Crippen LogP contribution in [0.4, 0.5) is 0 Å². The topological polar surface area (TPSA) is 32.3 Å². The van der Waals surface area contributed by atoms with E-state index < -0.39 is 0 Å². The molecule has 0 radical (unpaired) electrons. The van der Waals surface area contributed by atoms with E-state index >= 15 is 0 Å². The molecule has 1 fully saturated rings. The first-order valence-corrected chi connectivity index (χ1v) is 7.25. The second kappa shape index (κ2) is 5.76. The van der Waals surface area contributed by atoms with Gasteiger partial charge >= 0.3 is 0 Å². The summed E-state index contributed by atoms with van der Waals surface area (Å²) >= 11 is 1.75. The zero-order valence-electron chi connectivity index (χ0n) is 11.1. The number of hydrogen-bond donors (Lipinski definition) is 1. The Morgan fingerprint density at radius 3 is 2.78 bits per heavy atom. The highest BCUT2D eigenvalue weighted by molar-refractivity contribution is 8.01. The van der Waals surface area contributed by atoms with Gasteiger partial charge in [-0.25, -0.2) is 0 Å². The minimum absolute atomic E-state index is 0.0615. The number of hydrogen-bond acceptors (Lipinski definition) is 3. The Labute approximate surface area is 113 Å². The average Bonchev–Trinajstić information content (AvgIpc) is 2.64. The fraction of sp³-hybridized carbons (Fsp3) is 0.500. The van der Waals surface area contributed by atoms with Crippen LogP contribution in [0.3, 0.4) is 0 Å². The van der Waals surface area contributed by atoms with Gasteiger partial charge in [-0.05, 0) is 32.0 Å². The Balaban J connectivity index is 2.25. The number of rotatable bonds is 4. The molecule has 1 aromatic carbocycles. The van der Waals surface area contributed by atoms with Gasteiger partial charge in [-0.3, -0.25) is 4.79 Å². The third-order valence-electron chi connectivity index (χ3n) is 3.30. The number of amides is 1. The lowest BCUT2D eigenvalue weighted by Gasteiger charge is -2.25. The van der Waals surface area contributed by atoms with Crippen LogP contribution in [0.15, 0.2) is 24.3 Å². The molecule has 0 aromatic heterocycles. The maximum absolute atomic E-state index is 12.2. The Hall–Kier alpha value is -1.00. The van der Waals surface area contributed by atoms with E-state index in [1.807, 2.05) is 31.0 Å². The Kier molecular flexibility index (Phi) is 4.30. The smallest absolute Gasteiger partial charge is 0.236 e. The second-order valence-electron chi connectivity index (χ2n) is 4.62. The van der Waals surface area contributed by atoms with Crippen molar-refractivity contribution in [2.45, 2.75) is 24.5 Å². The van der Waals surface area contributed by atoms with Crippen molar-refractivity contribution in [1.82, 2.24) is 10.2 Å². The standard InChI is InChI=1S/C14H20N2OS/c1-10-6-4-5-7-12(10)14-16(9-8-15-3)13(17)11(2)18-14/h4-7,11,14-15H,8-9H2,1-3H3/t11-,14-/m1/s1. The normalized spacial score (nSPS) is 23.7. The molecule has 1 aliphatic heterocycles. The van der Waals surface area contributed by atoms with E-state index in [0.717, 1.165) is 13.1 Å². The van der Waals surface area contributed by atoms with E-state index in [-0.39, 0.29) is 16.5 Å². The van der Waals surface area contributed by atoms with Gasteiger partial charge in [0.1, 0.15) is 5.37 Å². The van der Waals surface area contributed by atoms with Crippen LogP contribution in [0.5, 0.6) is 0 Å². The maximum atomic E-state index is 12.2. The molecular weight excluding hydrogens is 244 g/mol. The predicted octanol–water partition coefficient (Wildman–Crippen LogP) is 2.18. The fourth-order valence-corrected chi connectivity index (χ4v) is 3.64. The molecule has 18 heavy (non-hydrogen) atoms. The average molecular weight is 264 g/mol. The van der Waals surface area contributed by atoms with Crippen LogP contribution in [-0.2, 0) is 4.79 Å².